The van der Waals surface area contributed by atoms with Crippen molar-refractivity contribution in [2.45, 2.75) is 13.0 Å². The molecule has 0 aliphatic carbocycles. The van der Waals surface area contributed by atoms with Gasteiger partial charge < -0.3 is 24.4 Å². The largest absolute Gasteiger partial charge is 0.454 e. The second-order valence-corrected chi connectivity index (χ2v) is 8.75. The molecule has 2 aromatic carbocycles. The van der Waals surface area contributed by atoms with E-state index in [2.05, 4.69) is 10.2 Å². The number of carbonyl (C=O) groups is 3. The molecule has 2 aromatic rings. The summed E-state index contributed by atoms with van der Waals surface area (Å²) in [7, 11) is 1.58. The van der Waals surface area contributed by atoms with Gasteiger partial charge in [-0.15, -0.1) is 0 Å². The van der Waals surface area contributed by atoms with Crippen LogP contribution in [0, 0.1) is 0 Å². The van der Waals surface area contributed by atoms with E-state index in [4.69, 9.17) is 14.2 Å². The molecule has 10 heteroatoms. The number of piperazine rings is 1. The molecule has 0 saturated carbocycles. The molecule has 3 heterocycles. The van der Waals surface area contributed by atoms with Gasteiger partial charge in [0.2, 0.25) is 6.79 Å². The van der Waals surface area contributed by atoms with Crippen LogP contribution in [0.5, 0.6) is 11.5 Å². The third-order valence-electron chi connectivity index (χ3n) is 6.45. The van der Waals surface area contributed by atoms with Crippen molar-refractivity contribution in [2.75, 3.05) is 58.6 Å². The first kappa shape index (κ1) is 23.1. The van der Waals surface area contributed by atoms with Crippen LogP contribution < -0.4 is 14.8 Å². The van der Waals surface area contributed by atoms with Crippen molar-refractivity contribution in [3.63, 3.8) is 0 Å². The number of hydrogen-bond acceptors (Lipinski definition) is 7. The topological polar surface area (TPSA) is 101 Å². The van der Waals surface area contributed by atoms with Gasteiger partial charge in [-0.1, -0.05) is 6.07 Å². The quantitative estimate of drug-likeness (QED) is 0.480. The van der Waals surface area contributed by atoms with Crippen LogP contribution in [-0.2, 0) is 11.3 Å². The zero-order chi connectivity index (χ0) is 24.4. The zero-order valence-corrected chi connectivity index (χ0v) is 19.6. The van der Waals surface area contributed by atoms with Crippen molar-refractivity contribution in [3.8, 4) is 11.5 Å². The average Bonchev–Trinajstić information content (AvgIpc) is 3.42. The van der Waals surface area contributed by atoms with Crippen molar-refractivity contribution < 1.29 is 28.6 Å². The first-order valence-electron chi connectivity index (χ1n) is 11.7. The summed E-state index contributed by atoms with van der Waals surface area (Å²) in [6, 6.07) is 10.6. The van der Waals surface area contributed by atoms with Crippen molar-refractivity contribution in [3.05, 3.63) is 53.1 Å². The fourth-order valence-electron chi connectivity index (χ4n) is 4.55. The maximum atomic E-state index is 12.8. The lowest BCUT2D eigenvalue weighted by Gasteiger charge is -2.34. The van der Waals surface area contributed by atoms with Gasteiger partial charge in [-0.3, -0.25) is 19.4 Å². The lowest BCUT2D eigenvalue weighted by molar-refractivity contribution is 0.0638. The minimum absolute atomic E-state index is 0.221. The molecule has 184 valence electrons. The van der Waals surface area contributed by atoms with Gasteiger partial charge in [0.05, 0.1) is 11.1 Å². The second-order valence-electron chi connectivity index (χ2n) is 8.75. The van der Waals surface area contributed by atoms with Gasteiger partial charge in [0.1, 0.15) is 0 Å². The molecule has 0 spiro atoms. The number of hydrogen-bond donors (Lipinski definition) is 1. The Morgan fingerprint density at radius 1 is 0.971 bits per heavy atom. The Bertz CT molecular complexity index is 1140. The van der Waals surface area contributed by atoms with Crippen LogP contribution in [-0.4, -0.2) is 85.8 Å². The summed E-state index contributed by atoms with van der Waals surface area (Å²) in [4.78, 5) is 43.4. The number of nitrogens with zero attached hydrogens (tertiary/aromatic N) is 3. The van der Waals surface area contributed by atoms with Crippen LogP contribution in [0.2, 0.25) is 0 Å². The molecule has 1 N–H and O–H groups in total. The van der Waals surface area contributed by atoms with Crippen molar-refractivity contribution >= 4 is 23.5 Å². The maximum Gasteiger partial charge on any atom is 0.321 e. The number of methoxy groups -OCH3 is 1. The minimum atomic E-state index is -0.339. The Morgan fingerprint density at radius 3 is 2.54 bits per heavy atom. The van der Waals surface area contributed by atoms with Gasteiger partial charge in [0.15, 0.2) is 11.5 Å². The average molecular weight is 481 g/mol. The molecule has 1 fully saturated rings. The number of benzene rings is 2. The number of amides is 4. The first-order valence-corrected chi connectivity index (χ1v) is 11.7. The van der Waals surface area contributed by atoms with E-state index in [9.17, 15) is 14.4 Å². The highest BCUT2D eigenvalue weighted by molar-refractivity contribution is 6.21. The third-order valence-corrected chi connectivity index (χ3v) is 6.45. The van der Waals surface area contributed by atoms with E-state index in [1.54, 1.807) is 30.2 Å². The van der Waals surface area contributed by atoms with Crippen LogP contribution in [0.25, 0.3) is 0 Å². The van der Waals surface area contributed by atoms with Crippen molar-refractivity contribution in [1.29, 1.82) is 0 Å². The van der Waals surface area contributed by atoms with Gasteiger partial charge in [-0.25, -0.2) is 4.79 Å². The molecule has 10 nitrogen and oxygen atoms in total. The van der Waals surface area contributed by atoms with Gasteiger partial charge in [0, 0.05) is 58.7 Å². The molecule has 0 unspecified atom stereocenters. The SMILES string of the molecule is COCCCN1C(=O)c2ccc(NC(=O)N3CCN(Cc4ccc5c(c4)OCO5)CC3)cc2C1=O. The molecule has 0 bridgehead atoms. The highest BCUT2D eigenvalue weighted by Crippen LogP contribution is 2.33. The Kier molecular flexibility index (Phi) is 6.56. The van der Waals surface area contributed by atoms with Gasteiger partial charge >= 0.3 is 6.03 Å². The van der Waals surface area contributed by atoms with E-state index in [1.165, 1.54) is 4.90 Å². The molecular weight excluding hydrogens is 452 g/mol. The summed E-state index contributed by atoms with van der Waals surface area (Å²) in [6.07, 6.45) is 0.576. The Hall–Kier alpha value is -3.63. The Labute approximate surface area is 203 Å². The summed E-state index contributed by atoms with van der Waals surface area (Å²) in [5, 5.41) is 2.87. The molecule has 5 rings (SSSR count). The molecule has 0 aromatic heterocycles. The van der Waals surface area contributed by atoms with Crippen LogP contribution in [0.4, 0.5) is 10.5 Å². The maximum absolute atomic E-state index is 12.8. The van der Waals surface area contributed by atoms with Crippen molar-refractivity contribution in [1.82, 2.24) is 14.7 Å². The van der Waals surface area contributed by atoms with Crippen LogP contribution >= 0.6 is 0 Å². The van der Waals surface area contributed by atoms with E-state index in [0.29, 0.717) is 49.5 Å². The summed E-state index contributed by atoms with van der Waals surface area (Å²) >= 11 is 0. The fourth-order valence-corrected chi connectivity index (χ4v) is 4.55. The normalized spacial score (nSPS) is 17.2. The molecule has 3 aliphatic rings. The molecule has 1 saturated heterocycles. The number of ether oxygens (including phenoxy) is 3. The number of carbonyl (C=O) groups excluding carboxylic acids is 3. The molecule has 35 heavy (non-hydrogen) atoms. The Morgan fingerprint density at radius 2 is 1.74 bits per heavy atom. The molecule has 3 aliphatic heterocycles. The highest BCUT2D eigenvalue weighted by atomic mass is 16.7. The number of anilines is 1. The van der Waals surface area contributed by atoms with E-state index in [1.807, 2.05) is 18.2 Å². The van der Waals surface area contributed by atoms with Gasteiger partial charge in [-0.2, -0.15) is 0 Å². The summed E-state index contributed by atoms with van der Waals surface area (Å²) in [6.45, 7) is 4.47. The first-order chi connectivity index (χ1) is 17.0. The summed E-state index contributed by atoms with van der Waals surface area (Å²) < 4.78 is 15.8. The Balaban J connectivity index is 1.14. The van der Waals surface area contributed by atoms with Crippen LogP contribution in [0.3, 0.4) is 0 Å². The standard InChI is InChI=1S/C25H28N4O6/c1-33-12-2-7-29-23(30)19-5-4-18(14-20(19)24(29)31)26-25(32)28-10-8-27(9-11-28)15-17-3-6-21-22(13-17)35-16-34-21/h3-6,13-14H,2,7-12,15-16H2,1H3,(H,26,32). The van der Waals surface area contributed by atoms with Gasteiger partial charge in [0.25, 0.3) is 11.8 Å². The number of nitrogens with one attached hydrogen (secondary N) is 1. The number of fused-ring (bicyclic) bond motifs is 2. The lowest BCUT2D eigenvalue weighted by Crippen LogP contribution is -2.49. The van der Waals surface area contributed by atoms with E-state index < -0.39 is 0 Å². The molecule has 0 radical (unpaired) electrons. The van der Waals surface area contributed by atoms with Crippen molar-refractivity contribution in [2.24, 2.45) is 0 Å². The van der Waals surface area contributed by atoms with E-state index >= 15 is 0 Å². The highest BCUT2D eigenvalue weighted by Gasteiger charge is 2.35. The lowest BCUT2D eigenvalue weighted by atomic mass is 10.1. The summed E-state index contributed by atoms with van der Waals surface area (Å²) in [5.41, 5.74) is 2.32. The predicted octanol–water partition coefficient (Wildman–Crippen LogP) is 2.40. The van der Waals surface area contributed by atoms with Gasteiger partial charge in [-0.05, 0) is 42.3 Å². The third kappa shape index (κ3) is 4.80. The second kappa shape index (κ2) is 9.93. The van der Waals surface area contributed by atoms with Crippen LogP contribution in [0.15, 0.2) is 36.4 Å². The molecule has 4 amide bonds. The fraction of sp³-hybridized carbons (Fsp3) is 0.400. The predicted molar refractivity (Wildman–Crippen MR) is 127 cm³/mol. The van der Waals surface area contributed by atoms with E-state index in [0.717, 1.165) is 36.7 Å². The van der Waals surface area contributed by atoms with E-state index in [-0.39, 0.29) is 24.6 Å². The number of imide groups is 1. The molecule has 0 atom stereocenters. The monoisotopic (exact) mass is 480 g/mol. The zero-order valence-electron chi connectivity index (χ0n) is 19.6. The summed E-state index contributed by atoms with van der Waals surface area (Å²) in [5.74, 6) is 0.895. The minimum Gasteiger partial charge on any atom is -0.454 e. The molecular formula is C25H28N4O6. The number of urea groups is 1. The number of rotatable bonds is 7. The smallest absolute Gasteiger partial charge is 0.321 e. The van der Waals surface area contributed by atoms with Crippen LogP contribution in [0.1, 0.15) is 32.7 Å².